The molecule has 4 aliphatic rings. The topological polar surface area (TPSA) is 40.6 Å². The van der Waals surface area contributed by atoms with E-state index in [0.717, 1.165) is 16.1 Å². The Morgan fingerprint density at radius 3 is 2.67 bits per heavy atom. The number of nitrogens with zero attached hydrogens (tertiary/aromatic N) is 2. The minimum absolute atomic E-state index is 0.0219. The van der Waals surface area contributed by atoms with Crippen molar-refractivity contribution in [3.63, 3.8) is 0 Å². The van der Waals surface area contributed by atoms with Crippen LogP contribution in [0.2, 0.25) is 0 Å². The van der Waals surface area contributed by atoms with Crippen molar-refractivity contribution in [3.8, 4) is 0 Å². The number of hydrogen-bond acceptors (Lipinski definition) is 5. The maximum atomic E-state index is 13.1. The van der Waals surface area contributed by atoms with Gasteiger partial charge in [0.05, 0.1) is 10.6 Å². The van der Waals surface area contributed by atoms with Gasteiger partial charge in [-0.3, -0.25) is 14.5 Å². The van der Waals surface area contributed by atoms with Gasteiger partial charge in [-0.15, -0.1) is 11.3 Å². The van der Waals surface area contributed by atoms with Gasteiger partial charge in [-0.2, -0.15) is 0 Å². The van der Waals surface area contributed by atoms with Crippen molar-refractivity contribution in [1.29, 1.82) is 0 Å². The molecule has 110 valence electrons. The zero-order valence-electron chi connectivity index (χ0n) is 11.9. The van der Waals surface area contributed by atoms with E-state index in [1.165, 1.54) is 10.8 Å². The highest BCUT2D eigenvalue weighted by Crippen LogP contribution is 2.65. The second kappa shape index (κ2) is 4.08. The van der Waals surface area contributed by atoms with Gasteiger partial charge in [0.15, 0.2) is 9.74 Å². The SMILES string of the molecule is CC1=C(c2cccs2)N2C(=O)C3(C)SSC2(C1)C(=O)N3C. The summed E-state index contributed by atoms with van der Waals surface area (Å²) in [6, 6.07) is 4.00. The van der Waals surface area contributed by atoms with Crippen molar-refractivity contribution in [2.45, 2.75) is 30.0 Å². The zero-order valence-corrected chi connectivity index (χ0v) is 14.3. The van der Waals surface area contributed by atoms with Crippen molar-refractivity contribution < 1.29 is 9.59 Å². The van der Waals surface area contributed by atoms with Gasteiger partial charge in [-0.1, -0.05) is 27.7 Å². The van der Waals surface area contributed by atoms with E-state index in [0.29, 0.717) is 6.42 Å². The van der Waals surface area contributed by atoms with Crippen LogP contribution in [-0.4, -0.2) is 38.4 Å². The molecule has 3 fully saturated rings. The van der Waals surface area contributed by atoms with Gasteiger partial charge in [0.25, 0.3) is 11.8 Å². The summed E-state index contributed by atoms with van der Waals surface area (Å²) >= 11 is 1.61. The third-order valence-corrected chi connectivity index (χ3v) is 9.03. The molecule has 2 bridgehead atoms. The lowest BCUT2D eigenvalue weighted by atomic mass is 10.0. The summed E-state index contributed by atoms with van der Waals surface area (Å²) in [6.07, 6.45) is 0.614. The molecule has 2 amide bonds. The fourth-order valence-corrected chi connectivity index (χ4v) is 7.51. The van der Waals surface area contributed by atoms with Crippen LogP contribution in [0.4, 0.5) is 0 Å². The summed E-state index contributed by atoms with van der Waals surface area (Å²) in [7, 11) is 4.80. The van der Waals surface area contributed by atoms with Crippen LogP contribution in [0.1, 0.15) is 25.1 Å². The van der Waals surface area contributed by atoms with Crippen LogP contribution in [-0.2, 0) is 9.59 Å². The van der Waals surface area contributed by atoms with Crippen LogP contribution >= 0.6 is 32.9 Å². The lowest BCUT2D eigenvalue weighted by Gasteiger charge is -2.57. The number of carbonyl (C=O) groups is 2. The summed E-state index contributed by atoms with van der Waals surface area (Å²) in [5, 5.41) is 2.00. The monoisotopic (exact) mass is 338 g/mol. The lowest BCUT2D eigenvalue weighted by Crippen LogP contribution is -2.73. The number of likely N-dealkylation sites (N-methyl/N-ethyl adjacent to an activating group) is 1. The smallest absolute Gasteiger partial charge is 0.265 e. The van der Waals surface area contributed by atoms with Crippen LogP contribution in [0.5, 0.6) is 0 Å². The van der Waals surface area contributed by atoms with E-state index >= 15 is 0 Å². The van der Waals surface area contributed by atoms with Gasteiger partial charge in [0.1, 0.15) is 0 Å². The first-order valence-corrected chi connectivity index (χ1v) is 9.68. The third kappa shape index (κ3) is 1.44. The Morgan fingerprint density at radius 2 is 2.00 bits per heavy atom. The molecule has 1 spiro atoms. The number of hydrogen-bond donors (Lipinski definition) is 0. The minimum Gasteiger partial charge on any atom is -0.319 e. The zero-order chi connectivity index (χ0) is 15.0. The fraction of sp³-hybridized carbons (Fsp3) is 0.429. The summed E-state index contributed by atoms with van der Waals surface area (Å²) in [4.78, 5) is 28.8. The first-order chi connectivity index (χ1) is 9.92. The molecule has 3 saturated heterocycles. The minimum atomic E-state index is -0.809. The summed E-state index contributed by atoms with van der Waals surface area (Å²) < 4.78 is 0. The molecular formula is C14H14N2O2S3. The van der Waals surface area contributed by atoms with Gasteiger partial charge < -0.3 is 4.90 Å². The third-order valence-electron chi connectivity index (χ3n) is 4.47. The molecule has 0 saturated carbocycles. The van der Waals surface area contributed by atoms with Crippen molar-refractivity contribution in [3.05, 3.63) is 28.0 Å². The molecule has 0 aliphatic carbocycles. The predicted molar refractivity (Wildman–Crippen MR) is 87.5 cm³/mol. The Kier molecular flexibility index (Phi) is 2.67. The highest BCUT2D eigenvalue weighted by atomic mass is 33.1. The summed E-state index contributed by atoms with van der Waals surface area (Å²) in [6.45, 7) is 3.87. The van der Waals surface area contributed by atoms with E-state index in [2.05, 4.69) is 0 Å². The number of fused-ring (bicyclic) bond motifs is 2. The molecule has 2 unspecified atom stereocenters. The Bertz CT molecular complexity index is 699. The molecule has 1 aromatic rings. The molecule has 1 aromatic heterocycles. The standard InChI is InChI=1S/C14H14N2O2S3/c1-8-7-14-12(18)15(3)13(2,20-21-14)11(17)16(14)10(8)9-5-4-6-19-9/h4-6H,7H2,1-3H3. The Balaban J connectivity index is 1.92. The van der Waals surface area contributed by atoms with Crippen LogP contribution in [0, 0.1) is 0 Å². The van der Waals surface area contributed by atoms with E-state index < -0.39 is 9.74 Å². The van der Waals surface area contributed by atoms with Crippen molar-refractivity contribution in [2.24, 2.45) is 0 Å². The maximum Gasteiger partial charge on any atom is 0.265 e. The number of carbonyl (C=O) groups excluding carboxylic acids is 2. The molecule has 7 heteroatoms. The Morgan fingerprint density at radius 1 is 1.24 bits per heavy atom. The van der Waals surface area contributed by atoms with Crippen molar-refractivity contribution in [1.82, 2.24) is 9.80 Å². The lowest BCUT2D eigenvalue weighted by molar-refractivity contribution is -0.159. The highest BCUT2D eigenvalue weighted by molar-refractivity contribution is 8.78. The van der Waals surface area contributed by atoms with E-state index in [1.807, 2.05) is 31.4 Å². The average molecular weight is 338 g/mol. The molecule has 0 aromatic carbocycles. The second-order valence-corrected chi connectivity index (χ2v) is 9.47. The quantitative estimate of drug-likeness (QED) is 0.738. The van der Waals surface area contributed by atoms with Gasteiger partial charge in [-0.25, -0.2) is 0 Å². The molecule has 0 N–H and O–H groups in total. The summed E-state index contributed by atoms with van der Waals surface area (Å²) in [5.41, 5.74) is 2.06. The predicted octanol–water partition coefficient (Wildman–Crippen LogP) is 2.99. The largest absolute Gasteiger partial charge is 0.319 e. The molecular weight excluding hydrogens is 324 g/mol. The fourth-order valence-electron chi connectivity index (χ4n) is 3.22. The van der Waals surface area contributed by atoms with E-state index in [4.69, 9.17) is 0 Å². The van der Waals surface area contributed by atoms with Gasteiger partial charge in [0, 0.05) is 13.5 Å². The maximum absolute atomic E-state index is 13.1. The first kappa shape index (κ1) is 13.7. The van der Waals surface area contributed by atoms with Crippen molar-refractivity contribution >= 4 is 50.4 Å². The van der Waals surface area contributed by atoms with Crippen LogP contribution in [0.25, 0.3) is 5.70 Å². The van der Waals surface area contributed by atoms with Gasteiger partial charge in [-0.05, 0) is 30.9 Å². The number of thiophene rings is 1. The molecule has 0 radical (unpaired) electrons. The van der Waals surface area contributed by atoms with Crippen LogP contribution in [0.3, 0.4) is 0 Å². The van der Waals surface area contributed by atoms with Gasteiger partial charge in [0.2, 0.25) is 0 Å². The van der Waals surface area contributed by atoms with Crippen LogP contribution in [0.15, 0.2) is 23.1 Å². The second-order valence-electron chi connectivity index (χ2n) is 5.72. The Labute approximate surface area is 135 Å². The molecule has 5 heterocycles. The van der Waals surface area contributed by atoms with E-state index in [9.17, 15) is 9.59 Å². The van der Waals surface area contributed by atoms with Gasteiger partial charge >= 0.3 is 0 Å². The first-order valence-electron chi connectivity index (χ1n) is 6.65. The number of piperazine rings is 1. The average Bonchev–Trinajstić information content (AvgIpc) is 3.06. The molecule has 4 nitrogen and oxygen atoms in total. The molecule has 2 atom stereocenters. The van der Waals surface area contributed by atoms with E-state index in [-0.39, 0.29) is 11.8 Å². The van der Waals surface area contributed by atoms with Crippen LogP contribution < -0.4 is 0 Å². The van der Waals surface area contributed by atoms with Crippen molar-refractivity contribution in [2.75, 3.05) is 7.05 Å². The summed E-state index contributed by atoms with van der Waals surface area (Å²) in [5.74, 6) is 0.0628. The molecule has 4 aliphatic heterocycles. The number of rotatable bonds is 1. The molecule has 5 rings (SSSR count). The Hall–Kier alpha value is -0.920. The highest BCUT2D eigenvalue weighted by Gasteiger charge is 2.69. The van der Waals surface area contributed by atoms with E-state index in [1.54, 1.807) is 39.0 Å². The molecule has 21 heavy (non-hydrogen) atoms. The number of amides is 2. The normalized spacial score (nSPS) is 35.0.